The first-order valence-corrected chi connectivity index (χ1v) is 14.8. The summed E-state index contributed by atoms with van der Waals surface area (Å²) < 4.78 is 6.36. The molecule has 0 N–H and O–H groups in total. The maximum atomic E-state index is 6.36. The molecule has 0 fully saturated rings. The van der Waals surface area contributed by atoms with Gasteiger partial charge in [0.2, 0.25) is 0 Å². The zero-order chi connectivity index (χ0) is 28.3. The molecule has 0 saturated heterocycles. The largest absolute Gasteiger partial charge is 0.456 e. The minimum atomic E-state index is 0.917. The highest BCUT2D eigenvalue weighted by atomic mass is 16.3. The van der Waals surface area contributed by atoms with E-state index in [0.717, 1.165) is 27.5 Å². The molecule has 1 aromatic heterocycles. The Bertz CT molecular complexity index is 2420. The smallest absolute Gasteiger partial charge is 0.136 e. The minimum absolute atomic E-state index is 0.917. The highest BCUT2D eigenvalue weighted by Gasteiger charge is 2.16. The summed E-state index contributed by atoms with van der Waals surface area (Å²) in [5.41, 5.74) is 9.19. The van der Waals surface area contributed by atoms with Crippen molar-refractivity contribution in [2.45, 2.75) is 0 Å². The lowest BCUT2D eigenvalue weighted by atomic mass is 9.86. The van der Waals surface area contributed by atoms with Gasteiger partial charge < -0.3 is 4.42 Å². The zero-order valence-corrected chi connectivity index (χ0v) is 23.4. The molecule has 43 heavy (non-hydrogen) atoms. The minimum Gasteiger partial charge on any atom is -0.456 e. The predicted molar refractivity (Wildman–Crippen MR) is 183 cm³/mol. The van der Waals surface area contributed by atoms with Gasteiger partial charge in [-0.15, -0.1) is 0 Å². The van der Waals surface area contributed by atoms with Crippen LogP contribution in [0.25, 0.3) is 87.6 Å². The van der Waals surface area contributed by atoms with E-state index in [4.69, 9.17) is 4.42 Å². The van der Waals surface area contributed by atoms with Gasteiger partial charge in [0.1, 0.15) is 11.2 Å². The number of furan rings is 1. The van der Waals surface area contributed by atoms with Gasteiger partial charge in [-0.3, -0.25) is 0 Å². The molecule has 0 aliphatic rings. The molecule has 0 unspecified atom stereocenters. The second-order valence-electron chi connectivity index (χ2n) is 11.3. The molecular weight excluding hydrogens is 520 g/mol. The van der Waals surface area contributed by atoms with Gasteiger partial charge in [-0.2, -0.15) is 0 Å². The lowest BCUT2D eigenvalue weighted by Crippen LogP contribution is -1.90. The van der Waals surface area contributed by atoms with Crippen molar-refractivity contribution >= 4 is 54.3 Å². The average Bonchev–Trinajstić information content (AvgIpc) is 3.43. The summed E-state index contributed by atoms with van der Waals surface area (Å²) in [5.74, 6) is 0. The van der Waals surface area contributed by atoms with Crippen molar-refractivity contribution in [3.05, 3.63) is 158 Å². The van der Waals surface area contributed by atoms with E-state index < -0.39 is 0 Å². The third-order valence-electron chi connectivity index (χ3n) is 8.84. The fourth-order valence-corrected chi connectivity index (χ4v) is 6.83. The number of fused-ring (bicyclic) bond motifs is 6. The highest BCUT2D eigenvalue weighted by molar-refractivity contribution is 6.21. The highest BCUT2D eigenvalue weighted by Crippen LogP contribution is 2.44. The maximum absolute atomic E-state index is 6.36. The van der Waals surface area contributed by atoms with Crippen LogP contribution in [0, 0.1) is 0 Å². The van der Waals surface area contributed by atoms with Crippen molar-refractivity contribution in [1.82, 2.24) is 0 Å². The lowest BCUT2D eigenvalue weighted by molar-refractivity contribution is 0.669. The average molecular weight is 547 g/mol. The van der Waals surface area contributed by atoms with E-state index in [9.17, 15) is 0 Å². The first-order chi connectivity index (χ1) is 21.3. The van der Waals surface area contributed by atoms with Crippen LogP contribution in [-0.4, -0.2) is 0 Å². The standard InChI is InChI=1S/C42H26O/c1-2-10-28(11-3-1)41-34-14-6-8-16-36(34)42(37-17-9-7-15-35(37)41)29-20-18-27(19-21-29)32-22-23-33-38-24-30-12-4-5-13-31(30)25-40(38)43-39(33)26-32/h1-26H. The molecule has 1 heteroatoms. The number of rotatable bonds is 3. The van der Waals surface area contributed by atoms with E-state index in [-0.39, 0.29) is 0 Å². The second kappa shape index (κ2) is 9.44. The van der Waals surface area contributed by atoms with Crippen LogP contribution in [-0.2, 0) is 0 Å². The predicted octanol–water partition coefficient (Wildman–Crippen LogP) is 12.0. The molecule has 0 aliphatic heterocycles. The van der Waals surface area contributed by atoms with Crippen LogP contribution in [0.4, 0.5) is 0 Å². The van der Waals surface area contributed by atoms with Crippen molar-refractivity contribution in [2.24, 2.45) is 0 Å². The Balaban J connectivity index is 1.18. The molecule has 9 rings (SSSR count). The molecule has 1 heterocycles. The number of benzene rings is 8. The van der Waals surface area contributed by atoms with Gasteiger partial charge in [-0.05, 0) is 90.0 Å². The topological polar surface area (TPSA) is 13.1 Å². The number of hydrogen-bond acceptors (Lipinski definition) is 1. The Kier molecular flexibility index (Phi) is 5.27. The maximum Gasteiger partial charge on any atom is 0.136 e. The molecule has 200 valence electrons. The summed E-state index contributed by atoms with van der Waals surface area (Å²) >= 11 is 0. The Labute approximate surface area is 249 Å². The van der Waals surface area contributed by atoms with Gasteiger partial charge in [0.05, 0.1) is 0 Å². The molecule has 0 atom stereocenters. The summed E-state index contributed by atoms with van der Waals surface area (Å²) in [4.78, 5) is 0. The third-order valence-corrected chi connectivity index (χ3v) is 8.84. The van der Waals surface area contributed by atoms with Crippen LogP contribution in [0.2, 0.25) is 0 Å². The van der Waals surface area contributed by atoms with Crippen LogP contribution >= 0.6 is 0 Å². The molecule has 0 aliphatic carbocycles. The SMILES string of the molecule is c1ccc(-c2c3ccccc3c(-c3ccc(-c4ccc5c(c4)oc4cc6ccccc6cc45)cc3)c3ccccc23)cc1. The van der Waals surface area contributed by atoms with E-state index in [1.807, 2.05) is 0 Å². The molecular formula is C42H26O. The molecule has 9 aromatic rings. The summed E-state index contributed by atoms with van der Waals surface area (Å²) in [5, 5.41) is 9.82. The molecule has 0 saturated carbocycles. The van der Waals surface area contributed by atoms with E-state index in [1.54, 1.807) is 0 Å². The fraction of sp³-hybridized carbons (Fsp3) is 0. The normalized spacial score (nSPS) is 11.7. The Hall–Kier alpha value is -5.66. The first kappa shape index (κ1) is 24.0. The molecule has 1 nitrogen and oxygen atoms in total. The van der Waals surface area contributed by atoms with E-state index in [0.29, 0.717) is 0 Å². The Morgan fingerprint density at radius 1 is 0.279 bits per heavy atom. The van der Waals surface area contributed by atoms with Gasteiger partial charge in [0.15, 0.2) is 0 Å². The quantitative estimate of drug-likeness (QED) is 0.201. The van der Waals surface area contributed by atoms with Crippen LogP contribution in [0.5, 0.6) is 0 Å². The van der Waals surface area contributed by atoms with Crippen LogP contribution in [0.3, 0.4) is 0 Å². The fourth-order valence-electron chi connectivity index (χ4n) is 6.83. The van der Waals surface area contributed by atoms with Gasteiger partial charge in [0.25, 0.3) is 0 Å². The third kappa shape index (κ3) is 3.79. The van der Waals surface area contributed by atoms with Crippen molar-refractivity contribution in [3.63, 3.8) is 0 Å². The van der Waals surface area contributed by atoms with Crippen molar-refractivity contribution in [1.29, 1.82) is 0 Å². The molecule has 0 spiro atoms. The Morgan fingerprint density at radius 2 is 0.744 bits per heavy atom. The van der Waals surface area contributed by atoms with E-state index >= 15 is 0 Å². The zero-order valence-electron chi connectivity index (χ0n) is 23.4. The Morgan fingerprint density at radius 3 is 1.37 bits per heavy atom. The van der Waals surface area contributed by atoms with Gasteiger partial charge in [-0.25, -0.2) is 0 Å². The molecule has 0 amide bonds. The molecule has 0 radical (unpaired) electrons. The van der Waals surface area contributed by atoms with Crippen LogP contribution in [0.1, 0.15) is 0 Å². The van der Waals surface area contributed by atoms with Gasteiger partial charge in [-0.1, -0.05) is 133 Å². The first-order valence-electron chi connectivity index (χ1n) is 14.8. The van der Waals surface area contributed by atoms with Gasteiger partial charge >= 0.3 is 0 Å². The van der Waals surface area contributed by atoms with E-state index in [2.05, 4.69) is 158 Å². The van der Waals surface area contributed by atoms with Crippen molar-refractivity contribution < 1.29 is 4.42 Å². The summed E-state index contributed by atoms with van der Waals surface area (Å²) in [6.45, 7) is 0. The van der Waals surface area contributed by atoms with Crippen molar-refractivity contribution in [2.75, 3.05) is 0 Å². The summed E-state index contributed by atoms with van der Waals surface area (Å²) in [6, 6.07) is 56.8. The summed E-state index contributed by atoms with van der Waals surface area (Å²) in [6.07, 6.45) is 0. The monoisotopic (exact) mass is 546 g/mol. The van der Waals surface area contributed by atoms with Crippen LogP contribution < -0.4 is 0 Å². The second-order valence-corrected chi connectivity index (χ2v) is 11.3. The number of hydrogen-bond donors (Lipinski definition) is 0. The van der Waals surface area contributed by atoms with Gasteiger partial charge in [0, 0.05) is 10.8 Å². The lowest BCUT2D eigenvalue weighted by Gasteiger charge is -2.18. The summed E-state index contributed by atoms with van der Waals surface area (Å²) in [7, 11) is 0. The van der Waals surface area contributed by atoms with Crippen molar-refractivity contribution in [3.8, 4) is 33.4 Å². The van der Waals surface area contributed by atoms with Crippen LogP contribution in [0.15, 0.2) is 162 Å². The van der Waals surface area contributed by atoms with E-state index in [1.165, 1.54) is 60.1 Å². The molecule has 0 bridgehead atoms. The molecule has 8 aromatic carbocycles.